The molecule has 1 saturated heterocycles. The molecule has 2 amide bonds. The molecule has 0 unspecified atom stereocenters. The van der Waals surface area contributed by atoms with Crippen molar-refractivity contribution >= 4 is 28.3 Å². The maximum atomic E-state index is 13.4. The Balaban J connectivity index is 1.64. The van der Waals surface area contributed by atoms with Crippen LogP contribution in [0.15, 0.2) is 42.5 Å². The number of piperazine rings is 1. The number of hydrogen-bond donors (Lipinski definition) is 1. The molecule has 2 aromatic rings. The topological polar surface area (TPSA) is 55.9 Å². The fourth-order valence-electron chi connectivity index (χ4n) is 4.15. The molecular formula is C24H34N4O2. The van der Waals surface area contributed by atoms with Crippen molar-refractivity contribution in [2.75, 3.05) is 44.2 Å². The quantitative estimate of drug-likeness (QED) is 0.763. The molecule has 30 heavy (non-hydrogen) atoms. The van der Waals surface area contributed by atoms with E-state index >= 15 is 0 Å². The van der Waals surface area contributed by atoms with Gasteiger partial charge in [-0.3, -0.25) is 19.4 Å². The number of likely N-dealkylation sites (N-methyl/N-ethyl adjacent to an activating group) is 1. The van der Waals surface area contributed by atoms with E-state index in [1.54, 1.807) is 0 Å². The molecule has 0 bridgehead atoms. The van der Waals surface area contributed by atoms with E-state index in [-0.39, 0.29) is 23.9 Å². The molecule has 0 saturated carbocycles. The lowest BCUT2D eigenvalue weighted by atomic mass is 10.1. The van der Waals surface area contributed by atoms with Gasteiger partial charge in [0.15, 0.2) is 0 Å². The van der Waals surface area contributed by atoms with E-state index < -0.39 is 0 Å². The predicted octanol–water partition coefficient (Wildman–Crippen LogP) is 2.72. The summed E-state index contributed by atoms with van der Waals surface area (Å²) in [6.07, 6.45) is 0. The van der Waals surface area contributed by atoms with Crippen LogP contribution >= 0.6 is 0 Å². The van der Waals surface area contributed by atoms with Gasteiger partial charge in [0.2, 0.25) is 11.8 Å². The van der Waals surface area contributed by atoms with Crippen LogP contribution in [-0.2, 0) is 9.59 Å². The van der Waals surface area contributed by atoms with Crippen LogP contribution in [0.4, 0.5) is 5.69 Å². The summed E-state index contributed by atoms with van der Waals surface area (Å²) in [5, 5.41) is 5.18. The van der Waals surface area contributed by atoms with Crippen molar-refractivity contribution < 1.29 is 9.59 Å². The first-order valence-corrected chi connectivity index (χ1v) is 11.0. The van der Waals surface area contributed by atoms with Crippen molar-refractivity contribution in [1.29, 1.82) is 0 Å². The highest BCUT2D eigenvalue weighted by molar-refractivity contribution is 6.05. The number of benzene rings is 2. The van der Waals surface area contributed by atoms with Crippen molar-refractivity contribution in [2.45, 2.75) is 39.8 Å². The molecule has 1 heterocycles. The number of nitrogens with zero attached hydrogens (tertiary/aromatic N) is 3. The van der Waals surface area contributed by atoms with Crippen LogP contribution in [-0.4, -0.2) is 73.0 Å². The third kappa shape index (κ3) is 5.18. The summed E-state index contributed by atoms with van der Waals surface area (Å²) < 4.78 is 0. The molecule has 0 radical (unpaired) electrons. The number of amides is 2. The summed E-state index contributed by atoms with van der Waals surface area (Å²) in [5.41, 5.74) is 0.969. The Morgan fingerprint density at radius 1 is 1.00 bits per heavy atom. The highest BCUT2D eigenvalue weighted by Crippen LogP contribution is 2.27. The van der Waals surface area contributed by atoms with Gasteiger partial charge < -0.3 is 10.2 Å². The molecule has 0 aliphatic carbocycles. The van der Waals surface area contributed by atoms with Crippen LogP contribution in [0.5, 0.6) is 0 Å². The summed E-state index contributed by atoms with van der Waals surface area (Å²) >= 11 is 0. The lowest BCUT2D eigenvalue weighted by Gasteiger charge is -2.38. The summed E-state index contributed by atoms with van der Waals surface area (Å²) in [6.45, 7) is 12.2. The van der Waals surface area contributed by atoms with Gasteiger partial charge in [-0.2, -0.15) is 0 Å². The normalized spacial score (nSPS) is 16.6. The molecule has 0 aromatic heterocycles. The Bertz CT molecular complexity index is 869. The second-order valence-electron chi connectivity index (χ2n) is 8.29. The fraction of sp³-hybridized carbons (Fsp3) is 0.500. The second kappa shape index (κ2) is 10.0. The zero-order valence-electron chi connectivity index (χ0n) is 18.6. The van der Waals surface area contributed by atoms with Crippen molar-refractivity contribution in [1.82, 2.24) is 15.1 Å². The Hall–Kier alpha value is -2.44. The van der Waals surface area contributed by atoms with Crippen LogP contribution in [0.25, 0.3) is 10.8 Å². The van der Waals surface area contributed by atoms with Gasteiger partial charge in [0.25, 0.3) is 0 Å². The van der Waals surface area contributed by atoms with Crippen molar-refractivity contribution in [3.05, 3.63) is 42.5 Å². The number of anilines is 1. The molecule has 1 aliphatic rings. The van der Waals surface area contributed by atoms with Gasteiger partial charge in [-0.25, -0.2) is 0 Å². The van der Waals surface area contributed by atoms with Gasteiger partial charge in [0.05, 0.1) is 18.3 Å². The molecule has 1 N–H and O–H groups in total. The Morgan fingerprint density at radius 3 is 2.33 bits per heavy atom. The predicted molar refractivity (Wildman–Crippen MR) is 123 cm³/mol. The molecule has 1 atom stereocenters. The average molecular weight is 411 g/mol. The lowest BCUT2D eigenvalue weighted by Crippen LogP contribution is -2.56. The number of carbonyl (C=O) groups excluding carboxylic acids is 2. The highest BCUT2D eigenvalue weighted by atomic mass is 16.2. The van der Waals surface area contributed by atoms with Crippen molar-refractivity contribution in [3.63, 3.8) is 0 Å². The molecule has 3 rings (SSSR count). The molecular weight excluding hydrogens is 376 g/mol. The number of fused-ring (bicyclic) bond motifs is 1. The summed E-state index contributed by atoms with van der Waals surface area (Å²) in [5.74, 6) is 0.190. The Kier molecular flexibility index (Phi) is 7.45. The zero-order chi connectivity index (χ0) is 21.7. The molecule has 6 heteroatoms. The van der Waals surface area contributed by atoms with E-state index in [9.17, 15) is 9.59 Å². The Morgan fingerprint density at radius 2 is 1.67 bits per heavy atom. The molecule has 6 nitrogen and oxygen atoms in total. The van der Waals surface area contributed by atoms with Crippen LogP contribution in [0.3, 0.4) is 0 Å². The molecule has 1 fully saturated rings. The van der Waals surface area contributed by atoms with E-state index in [2.05, 4.69) is 33.3 Å². The number of hydrogen-bond acceptors (Lipinski definition) is 4. The third-order valence-corrected chi connectivity index (χ3v) is 5.77. The summed E-state index contributed by atoms with van der Waals surface area (Å²) in [6, 6.07) is 14.3. The monoisotopic (exact) mass is 410 g/mol. The standard InChI is InChI=1S/C24H34N4O2/c1-5-28(22-12-8-10-20-9-6-7-11-21(20)22)24(30)19(4)27-15-13-26(14-16-27)17-23(29)25-18(2)3/h6-12,18-19H,5,13-17H2,1-4H3,(H,25,29)/t19-/m1/s1. The zero-order valence-corrected chi connectivity index (χ0v) is 18.6. The molecule has 2 aromatic carbocycles. The van der Waals surface area contributed by atoms with Crippen molar-refractivity contribution in [2.24, 2.45) is 0 Å². The minimum atomic E-state index is -0.199. The lowest BCUT2D eigenvalue weighted by molar-refractivity contribution is -0.126. The van der Waals surface area contributed by atoms with Gasteiger partial charge in [-0.1, -0.05) is 36.4 Å². The third-order valence-electron chi connectivity index (χ3n) is 5.77. The van der Waals surface area contributed by atoms with Crippen LogP contribution in [0.1, 0.15) is 27.7 Å². The molecule has 0 spiro atoms. The van der Waals surface area contributed by atoms with E-state index in [1.165, 1.54) is 0 Å². The highest BCUT2D eigenvalue weighted by Gasteiger charge is 2.29. The summed E-state index contributed by atoms with van der Waals surface area (Å²) in [7, 11) is 0. The molecule has 162 valence electrons. The van der Waals surface area contributed by atoms with Gasteiger partial charge in [-0.05, 0) is 39.1 Å². The van der Waals surface area contributed by atoms with E-state index in [0.717, 1.165) is 42.6 Å². The number of carbonyl (C=O) groups is 2. The van der Waals surface area contributed by atoms with E-state index in [4.69, 9.17) is 0 Å². The smallest absolute Gasteiger partial charge is 0.244 e. The number of nitrogens with one attached hydrogen (secondary N) is 1. The van der Waals surface area contributed by atoms with Crippen molar-refractivity contribution in [3.8, 4) is 0 Å². The van der Waals surface area contributed by atoms with E-state index in [0.29, 0.717) is 13.1 Å². The summed E-state index contributed by atoms with van der Waals surface area (Å²) in [4.78, 5) is 31.7. The minimum absolute atomic E-state index is 0.0655. The SMILES string of the molecule is CCN(C(=O)[C@@H](C)N1CCN(CC(=O)NC(C)C)CC1)c1cccc2ccccc12. The Labute approximate surface area is 179 Å². The first-order chi connectivity index (χ1) is 14.4. The van der Waals surface area contributed by atoms with Gasteiger partial charge >= 0.3 is 0 Å². The van der Waals surface area contributed by atoms with Crippen LogP contribution in [0.2, 0.25) is 0 Å². The van der Waals surface area contributed by atoms with Gasteiger partial charge in [-0.15, -0.1) is 0 Å². The number of rotatable bonds is 7. The maximum absolute atomic E-state index is 13.4. The first-order valence-electron chi connectivity index (χ1n) is 11.0. The second-order valence-corrected chi connectivity index (χ2v) is 8.29. The van der Waals surface area contributed by atoms with Crippen LogP contribution in [0, 0.1) is 0 Å². The minimum Gasteiger partial charge on any atom is -0.353 e. The largest absolute Gasteiger partial charge is 0.353 e. The van der Waals surface area contributed by atoms with Gasteiger partial charge in [0.1, 0.15) is 0 Å². The van der Waals surface area contributed by atoms with E-state index in [1.807, 2.05) is 56.9 Å². The fourth-order valence-corrected chi connectivity index (χ4v) is 4.15. The van der Waals surface area contributed by atoms with Gasteiger partial charge in [0, 0.05) is 44.2 Å². The first kappa shape index (κ1) is 22.2. The van der Waals surface area contributed by atoms with Crippen LogP contribution < -0.4 is 10.2 Å². The molecule has 1 aliphatic heterocycles. The maximum Gasteiger partial charge on any atom is 0.244 e. The average Bonchev–Trinajstić information content (AvgIpc) is 2.73.